The van der Waals surface area contributed by atoms with Gasteiger partial charge in [0.2, 0.25) is 5.89 Å². The number of ether oxygens (including phenoxy) is 1. The van der Waals surface area contributed by atoms with E-state index in [2.05, 4.69) is 31.1 Å². The average molecular weight is 454 g/mol. The van der Waals surface area contributed by atoms with E-state index in [0.717, 1.165) is 6.42 Å². The maximum absolute atomic E-state index is 11.5. The normalized spacial score (nSPS) is 11.5. The van der Waals surface area contributed by atoms with E-state index < -0.39 is 11.7 Å². The topological polar surface area (TPSA) is 114 Å². The highest BCUT2D eigenvalue weighted by Gasteiger charge is 2.15. The van der Waals surface area contributed by atoms with Crippen LogP contribution in [-0.2, 0) is 11.3 Å². The molecule has 0 saturated carbocycles. The fourth-order valence-electron chi connectivity index (χ4n) is 1.60. The van der Waals surface area contributed by atoms with E-state index in [9.17, 15) is 4.79 Å². The Balaban J connectivity index is 0.00000529. The summed E-state index contributed by atoms with van der Waals surface area (Å²) >= 11 is 0. The molecule has 1 amide bonds. The number of aliphatic imine (C=N–C) groups is 1. The number of amides is 1. The van der Waals surface area contributed by atoms with Gasteiger partial charge in [-0.1, -0.05) is 5.16 Å². The number of aryl methyl sites for hydroxylation is 1. The van der Waals surface area contributed by atoms with Gasteiger partial charge in [-0.25, -0.2) is 4.79 Å². The van der Waals surface area contributed by atoms with Gasteiger partial charge in [-0.15, -0.1) is 24.0 Å². The average Bonchev–Trinajstić information content (AvgIpc) is 2.85. The Labute approximate surface area is 159 Å². The van der Waals surface area contributed by atoms with Crippen molar-refractivity contribution in [2.24, 2.45) is 4.99 Å². The molecule has 0 atom stereocenters. The van der Waals surface area contributed by atoms with Crippen LogP contribution >= 0.6 is 24.0 Å². The monoisotopic (exact) mass is 454 g/mol. The summed E-state index contributed by atoms with van der Waals surface area (Å²) in [6.07, 6.45) is 0.328. The molecule has 3 N–H and O–H groups in total. The number of nitrogens with one attached hydrogen (secondary N) is 3. The van der Waals surface area contributed by atoms with Gasteiger partial charge in [0, 0.05) is 27.1 Å². The van der Waals surface area contributed by atoms with Crippen LogP contribution in [0.2, 0.25) is 0 Å². The lowest BCUT2D eigenvalue weighted by molar-refractivity contribution is 0.0527. The quantitative estimate of drug-likeness (QED) is 0.259. The van der Waals surface area contributed by atoms with Gasteiger partial charge in [-0.2, -0.15) is 4.98 Å². The molecule has 1 heterocycles. The molecule has 0 aromatic carbocycles. The molecule has 1 aromatic heterocycles. The van der Waals surface area contributed by atoms with Crippen LogP contribution in [0.4, 0.5) is 4.79 Å². The Kier molecular flexibility index (Phi) is 10.3. The van der Waals surface area contributed by atoms with Crippen molar-refractivity contribution in [3.05, 3.63) is 11.7 Å². The minimum atomic E-state index is -0.484. The van der Waals surface area contributed by atoms with Crippen molar-refractivity contribution in [2.45, 2.75) is 46.3 Å². The first-order chi connectivity index (χ1) is 10.8. The maximum atomic E-state index is 11.5. The molecule has 10 heteroatoms. The molecule has 0 aliphatic carbocycles. The third-order valence-corrected chi connectivity index (χ3v) is 2.52. The first-order valence-corrected chi connectivity index (χ1v) is 7.50. The Morgan fingerprint density at radius 3 is 2.46 bits per heavy atom. The van der Waals surface area contributed by atoms with Gasteiger partial charge in [0.25, 0.3) is 0 Å². The van der Waals surface area contributed by atoms with Crippen LogP contribution in [0.1, 0.15) is 38.9 Å². The summed E-state index contributed by atoms with van der Waals surface area (Å²) in [5, 5.41) is 12.7. The van der Waals surface area contributed by atoms with Crippen LogP contribution in [0.5, 0.6) is 0 Å². The second kappa shape index (κ2) is 11.0. The van der Waals surface area contributed by atoms with Crippen LogP contribution in [0, 0.1) is 6.92 Å². The lowest BCUT2D eigenvalue weighted by Gasteiger charge is -2.19. The molecule has 24 heavy (non-hydrogen) atoms. The lowest BCUT2D eigenvalue weighted by atomic mass is 10.2. The molecule has 0 radical (unpaired) electrons. The van der Waals surface area contributed by atoms with Crippen molar-refractivity contribution in [3.8, 4) is 0 Å². The molecule has 138 valence electrons. The Bertz CT molecular complexity index is 527. The predicted octanol–water partition coefficient (Wildman–Crippen LogP) is 1.58. The fraction of sp³-hybridized carbons (Fsp3) is 0.714. The number of aromatic nitrogens is 2. The van der Waals surface area contributed by atoms with E-state index in [1.54, 1.807) is 14.0 Å². The third-order valence-electron chi connectivity index (χ3n) is 2.52. The summed E-state index contributed by atoms with van der Waals surface area (Å²) < 4.78 is 10.0. The van der Waals surface area contributed by atoms with Gasteiger partial charge in [0.05, 0.1) is 6.54 Å². The highest BCUT2D eigenvalue weighted by atomic mass is 127. The molecule has 0 aliphatic rings. The standard InChI is InChI=1S/C14H26N6O3.HI/c1-10-19-11(20-23-10)9-18-12(15-5)16-7-6-8-17-13(21)22-14(2,3)4;/h6-9H2,1-5H3,(H,17,21)(H2,15,16,18);1H. The number of guanidine groups is 1. The summed E-state index contributed by atoms with van der Waals surface area (Å²) in [7, 11) is 1.68. The van der Waals surface area contributed by atoms with Gasteiger partial charge >= 0.3 is 6.09 Å². The van der Waals surface area contributed by atoms with Crippen LogP contribution in [-0.4, -0.2) is 47.9 Å². The fourth-order valence-corrected chi connectivity index (χ4v) is 1.60. The second-order valence-electron chi connectivity index (χ2n) is 5.86. The number of nitrogens with zero attached hydrogens (tertiary/aromatic N) is 3. The molecule has 0 unspecified atom stereocenters. The highest BCUT2D eigenvalue weighted by molar-refractivity contribution is 14.0. The van der Waals surface area contributed by atoms with Gasteiger partial charge in [-0.3, -0.25) is 4.99 Å². The van der Waals surface area contributed by atoms with E-state index in [4.69, 9.17) is 9.26 Å². The molecule has 9 nitrogen and oxygen atoms in total. The van der Waals surface area contributed by atoms with E-state index in [1.165, 1.54) is 0 Å². The van der Waals surface area contributed by atoms with Crippen LogP contribution in [0.3, 0.4) is 0 Å². The van der Waals surface area contributed by atoms with Crippen molar-refractivity contribution in [3.63, 3.8) is 0 Å². The number of carbonyl (C=O) groups is 1. The number of hydrogen-bond donors (Lipinski definition) is 3. The van der Waals surface area contributed by atoms with Crippen molar-refractivity contribution in [1.82, 2.24) is 26.1 Å². The Morgan fingerprint density at radius 2 is 1.92 bits per heavy atom. The minimum absolute atomic E-state index is 0. The molecule has 0 fully saturated rings. The summed E-state index contributed by atoms with van der Waals surface area (Å²) in [5.41, 5.74) is -0.484. The Hall–Kier alpha value is -1.59. The molecule has 1 rings (SSSR count). The molecular formula is C14H27IN6O3. The van der Waals surface area contributed by atoms with Crippen molar-refractivity contribution < 1.29 is 14.1 Å². The maximum Gasteiger partial charge on any atom is 0.407 e. The lowest BCUT2D eigenvalue weighted by Crippen LogP contribution is -2.39. The van der Waals surface area contributed by atoms with Gasteiger partial charge < -0.3 is 25.2 Å². The van der Waals surface area contributed by atoms with Crippen LogP contribution in [0.15, 0.2) is 9.52 Å². The number of carbonyl (C=O) groups excluding carboxylic acids is 1. The zero-order chi connectivity index (χ0) is 17.3. The van der Waals surface area contributed by atoms with Gasteiger partial charge in [-0.05, 0) is 27.2 Å². The number of halogens is 1. The SMILES string of the molecule is CN=C(NCCCNC(=O)OC(C)(C)C)NCc1noc(C)n1.I. The smallest absolute Gasteiger partial charge is 0.407 e. The molecule has 0 saturated heterocycles. The van der Waals surface area contributed by atoms with Crippen molar-refractivity contribution in [2.75, 3.05) is 20.1 Å². The highest BCUT2D eigenvalue weighted by Crippen LogP contribution is 2.06. The third kappa shape index (κ3) is 10.2. The number of hydrogen-bond acceptors (Lipinski definition) is 6. The predicted molar refractivity (Wildman–Crippen MR) is 102 cm³/mol. The van der Waals surface area contributed by atoms with Crippen LogP contribution in [0.25, 0.3) is 0 Å². The van der Waals surface area contributed by atoms with Crippen molar-refractivity contribution in [1.29, 1.82) is 0 Å². The van der Waals surface area contributed by atoms with E-state index in [-0.39, 0.29) is 24.0 Å². The summed E-state index contributed by atoms with van der Waals surface area (Å²) in [6, 6.07) is 0. The molecular weight excluding hydrogens is 427 g/mol. The molecule has 1 aromatic rings. The van der Waals surface area contributed by atoms with E-state index in [0.29, 0.717) is 37.3 Å². The minimum Gasteiger partial charge on any atom is -0.444 e. The van der Waals surface area contributed by atoms with Gasteiger partial charge in [0.1, 0.15) is 5.60 Å². The first-order valence-electron chi connectivity index (χ1n) is 7.50. The second-order valence-corrected chi connectivity index (χ2v) is 5.86. The van der Waals surface area contributed by atoms with E-state index in [1.807, 2.05) is 20.8 Å². The first kappa shape index (κ1) is 22.4. The summed E-state index contributed by atoms with van der Waals surface area (Å²) in [5.74, 6) is 1.72. The molecule has 0 aliphatic heterocycles. The molecule has 0 bridgehead atoms. The van der Waals surface area contributed by atoms with Gasteiger partial charge in [0.15, 0.2) is 11.8 Å². The summed E-state index contributed by atoms with van der Waals surface area (Å²) in [4.78, 5) is 19.6. The zero-order valence-electron chi connectivity index (χ0n) is 14.8. The molecule has 0 spiro atoms. The largest absolute Gasteiger partial charge is 0.444 e. The Morgan fingerprint density at radius 1 is 1.25 bits per heavy atom. The van der Waals surface area contributed by atoms with E-state index >= 15 is 0 Å². The van der Waals surface area contributed by atoms with Crippen molar-refractivity contribution >= 4 is 36.0 Å². The summed E-state index contributed by atoms with van der Waals surface area (Å²) in [6.45, 7) is 8.82. The number of rotatable bonds is 6. The number of alkyl carbamates (subject to hydrolysis) is 1. The zero-order valence-corrected chi connectivity index (χ0v) is 17.1. The van der Waals surface area contributed by atoms with Crippen LogP contribution < -0.4 is 16.0 Å².